The van der Waals surface area contributed by atoms with E-state index in [0.717, 1.165) is 64.1 Å². The smallest absolute Gasteiger partial charge is 0.191 e. The van der Waals surface area contributed by atoms with Crippen molar-refractivity contribution in [3.63, 3.8) is 0 Å². The Morgan fingerprint density at radius 1 is 1.19 bits per heavy atom. The summed E-state index contributed by atoms with van der Waals surface area (Å²) >= 11 is 0. The predicted molar refractivity (Wildman–Crippen MR) is 140 cm³/mol. The molecule has 2 N–H and O–H groups in total. The average molecular weight is 548 g/mol. The standard InChI is InChI=1S/C23H41N5O2.HI/c1-6-19(3)27(4)13-12-25-23(24-7-2)26-18-22(28-14-16-30-17-15-28)20-8-10-21(29-5)11-9-20;/h8-11,19,22H,6-7,12-18H2,1-5H3,(H2,24,25,26);1H. The second-order valence-electron chi connectivity index (χ2n) is 7.82. The molecular formula is C23H42IN5O2. The van der Waals surface area contributed by atoms with Crippen LogP contribution < -0.4 is 15.4 Å². The fourth-order valence-electron chi connectivity index (χ4n) is 3.55. The molecule has 1 heterocycles. The van der Waals surface area contributed by atoms with Crippen molar-refractivity contribution in [3.8, 4) is 5.75 Å². The third-order valence-electron chi connectivity index (χ3n) is 5.85. The monoisotopic (exact) mass is 547 g/mol. The van der Waals surface area contributed by atoms with Crippen molar-refractivity contribution >= 4 is 29.9 Å². The third-order valence-corrected chi connectivity index (χ3v) is 5.85. The molecule has 0 aliphatic carbocycles. The first kappa shape index (κ1) is 27.9. The van der Waals surface area contributed by atoms with Crippen molar-refractivity contribution in [1.29, 1.82) is 0 Å². The molecule has 2 atom stereocenters. The first-order valence-corrected chi connectivity index (χ1v) is 11.3. The van der Waals surface area contributed by atoms with Gasteiger partial charge in [0.05, 0.1) is 32.9 Å². The van der Waals surface area contributed by atoms with Crippen LogP contribution in [0, 0.1) is 0 Å². The summed E-state index contributed by atoms with van der Waals surface area (Å²) in [6.45, 7) is 13.4. The van der Waals surface area contributed by atoms with Gasteiger partial charge in [-0.25, -0.2) is 0 Å². The van der Waals surface area contributed by atoms with Gasteiger partial charge in [-0.1, -0.05) is 19.1 Å². The number of likely N-dealkylation sites (N-methyl/N-ethyl adjacent to an activating group) is 1. The zero-order valence-electron chi connectivity index (χ0n) is 19.9. The number of benzene rings is 1. The Bertz CT molecular complexity index is 623. The van der Waals surface area contributed by atoms with Crippen LogP contribution in [0.25, 0.3) is 0 Å². The van der Waals surface area contributed by atoms with E-state index in [1.54, 1.807) is 7.11 Å². The van der Waals surface area contributed by atoms with Crippen molar-refractivity contribution in [3.05, 3.63) is 29.8 Å². The fourth-order valence-corrected chi connectivity index (χ4v) is 3.55. The summed E-state index contributed by atoms with van der Waals surface area (Å²) in [7, 11) is 3.88. The van der Waals surface area contributed by atoms with Crippen LogP contribution in [0.3, 0.4) is 0 Å². The van der Waals surface area contributed by atoms with Crippen molar-refractivity contribution in [2.45, 2.75) is 39.3 Å². The van der Waals surface area contributed by atoms with Crippen LogP contribution in [-0.2, 0) is 4.74 Å². The van der Waals surface area contributed by atoms with Crippen LogP contribution >= 0.6 is 24.0 Å². The van der Waals surface area contributed by atoms with E-state index < -0.39 is 0 Å². The first-order valence-electron chi connectivity index (χ1n) is 11.3. The molecule has 7 nitrogen and oxygen atoms in total. The Labute approximate surface area is 206 Å². The van der Waals surface area contributed by atoms with E-state index in [4.69, 9.17) is 14.5 Å². The van der Waals surface area contributed by atoms with E-state index >= 15 is 0 Å². The highest BCUT2D eigenvalue weighted by atomic mass is 127. The van der Waals surface area contributed by atoms with Gasteiger partial charge in [0.25, 0.3) is 0 Å². The highest BCUT2D eigenvalue weighted by Crippen LogP contribution is 2.24. The van der Waals surface area contributed by atoms with E-state index in [1.807, 2.05) is 12.1 Å². The summed E-state index contributed by atoms with van der Waals surface area (Å²) in [5, 5.41) is 6.88. The molecule has 2 rings (SSSR count). The number of morpholine rings is 1. The van der Waals surface area contributed by atoms with Crippen LogP contribution in [0.2, 0.25) is 0 Å². The SMILES string of the molecule is CCNC(=NCC(c1ccc(OC)cc1)N1CCOCC1)NCCN(C)C(C)CC.I. The van der Waals surface area contributed by atoms with Gasteiger partial charge >= 0.3 is 0 Å². The van der Waals surface area contributed by atoms with E-state index in [9.17, 15) is 0 Å². The molecule has 0 amide bonds. The fraction of sp³-hybridized carbons (Fsp3) is 0.696. The number of rotatable bonds is 11. The van der Waals surface area contributed by atoms with Crippen molar-refractivity contribution < 1.29 is 9.47 Å². The van der Waals surface area contributed by atoms with Crippen LogP contribution in [0.4, 0.5) is 0 Å². The molecule has 1 aliphatic rings. The van der Waals surface area contributed by atoms with Gasteiger partial charge in [0.1, 0.15) is 5.75 Å². The molecular weight excluding hydrogens is 505 g/mol. The molecule has 31 heavy (non-hydrogen) atoms. The first-order chi connectivity index (χ1) is 14.6. The summed E-state index contributed by atoms with van der Waals surface area (Å²) in [6, 6.07) is 9.16. The molecule has 0 radical (unpaired) electrons. The molecule has 1 fully saturated rings. The second kappa shape index (κ2) is 15.7. The third kappa shape index (κ3) is 9.51. The zero-order chi connectivity index (χ0) is 21.8. The number of methoxy groups -OCH3 is 1. The molecule has 178 valence electrons. The van der Waals surface area contributed by atoms with Crippen LogP contribution in [0.15, 0.2) is 29.3 Å². The largest absolute Gasteiger partial charge is 0.497 e. The molecule has 1 aliphatic heterocycles. The average Bonchev–Trinajstić information content (AvgIpc) is 2.79. The number of guanidine groups is 1. The van der Waals surface area contributed by atoms with E-state index in [0.29, 0.717) is 12.6 Å². The molecule has 8 heteroatoms. The van der Waals surface area contributed by atoms with Crippen molar-refractivity contribution in [2.75, 3.05) is 66.6 Å². The Kier molecular flexibility index (Phi) is 14.1. The molecule has 0 aromatic heterocycles. The molecule has 0 bridgehead atoms. The Morgan fingerprint density at radius 3 is 2.45 bits per heavy atom. The van der Waals surface area contributed by atoms with Gasteiger partial charge in [-0.2, -0.15) is 0 Å². The molecule has 0 saturated carbocycles. The lowest BCUT2D eigenvalue weighted by atomic mass is 10.0. The number of hydrogen-bond donors (Lipinski definition) is 2. The quantitative estimate of drug-likeness (QED) is 0.253. The summed E-state index contributed by atoms with van der Waals surface area (Å²) < 4.78 is 10.9. The van der Waals surface area contributed by atoms with E-state index in [1.165, 1.54) is 5.56 Å². The van der Waals surface area contributed by atoms with Gasteiger partial charge in [0.15, 0.2) is 5.96 Å². The van der Waals surface area contributed by atoms with Gasteiger partial charge in [-0.3, -0.25) is 9.89 Å². The predicted octanol–water partition coefficient (Wildman–Crippen LogP) is 2.97. The van der Waals surface area contributed by atoms with Crippen LogP contribution in [0.5, 0.6) is 5.75 Å². The van der Waals surface area contributed by atoms with Gasteiger partial charge in [0.2, 0.25) is 0 Å². The Balaban J connectivity index is 0.00000480. The van der Waals surface area contributed by atoms with Crippen LogP contribution in [0.1, 0.15) is 38.8 Å². The number of halogens is 1. The number of hydrogen-bond acceptors (Lipinski definition) is 5. The van der Waals surface area contributed by atoms with Crippen LogP contribution in [-0.4, -0.2) is 88.4 Å². The Hall–Kier alpha value is -1.10. The maximum Gasteiger partial charge on any atom is 0.191 e. The van der Waals surface area contributed by atoms with E-state index in [-0.39, 0.29) is 30.0 Å². The Morgan fingerprint density at radius 2 is 1.87 bits per heavy atom. The number of nitrogens with one attached hydrogen (secondary N) is 2. The maximum absolute atomic E-state index is 5.56. The van der Waals surface area contributed by atoms with Gasteiger partial charge < -0.3 is 25.0 Å². The molecule has 2 unspecified atom stereocenters. The summed E-state index contributed by atoms with van der Waals surface area (Å²) in [6.07, 6.45) is 1.16. The molecule has 0 spiro atoms. The van der Waals surface area contributed by atoms with Crippen molar-refractivity contribution in [1.82, 2.24) is 20.4 Å². The highest BCUT2D eigenvalue weighted by Gasteiger charge is 2.22. The zero-order valence-corrected chi connectivity index (χ0v) is 22.2. The lowest BCUT2D eigenvalue weighted by Gasteiger charge is -2.34. The normalized spacial score (nSPS) is 17.0. The minimum absolute atomic E-state index is 0. The molecule has 1 aromatic rings. The lowest BCUT2D eigenvalue weighted by molar-refractivity contribution is 0.0179. The number of ether oxygens (including phenoxy) is 2. The molecule has 1 saturated heterocycles. The van der Waals surface area contributed by atoms with Gasteiger partial charge in [0, 0.05) is 38.8 Å². The van der Waals surface area contributed by atoms with Crippen molar-refractivity contribution in [2.24, 2.45) is 4.99 Å². The molecule has 1 aromatic carbocycles. The summed E-state index contributed by atoms with van der Waals surface area (Å²) in [5.74, 6) is 1.75. The number of nitrogens with zero attached hydrogens (tertiary/aromatic N) is 3. The lowest BCUT2D eigenvalue weighted by Crippen LogP contribution is -2.43. The summed E-state index contributed by atoms with van der Waals surface area (Å²) in [5.41, 5.74) is 1.26. The minimum Gasteiger partial charge on any atom is -0.497 e. The van der Waals surface area contributed by atoms with E-state index in [2.05, 4.69) is 60.4 Å². The number of aliphatic imine (C=N–C) groups is 1. The van der Waals surface area contributed by atoms with Gasteiger partial charge in [-0.05, 0) is 45.0 Å². The topological polar surface area (TPSA) is 61.4 Å². The highest BCUT2D eigenvalue weighted by molar-refractivity contribution is 14.0. The summed E-state index contributed by atoms with van der Waals surface area (Å²) in [4.78, 5) is 9.78. The van der Waals surface area contributed by atoms with Gasteiger partial charge in [-0.15, -0.1) is 24.0 Å². The maximum atomic E-state index is 5.56. The minimum atomic E-state index is 0. The second-order valence-corrected chi connectivity index (χ2v) is 7.82.